The van der Waals surface area contributed by atoms with E-state index in [4.69, 9.17) is 9.47 Å². The number of nitrogens with zero attached hydrogens (tertiary/aromatic N) is 1. The van der Waals surface area contributed by atoms with Gasteiger partial charge in [-0.05, 0) is 85.6 Å². The summed E-state index contributed by atoms with van der Waals surface area (Å²) in [6, 6.07) is 22.6. The average Bonchev–Trinajstić information content (AvgIpc) is 3.08. The molecular weight excluding hydrogens is 578 g/mol. The zero-order valence-electron chi connectivity index (χ0n) is 27.6. The molecule has 8 heteroatoms. The summed E-state index contributed by atoms with van der Waals surface area (Å²) < 4.78 is 10.3. The Morgan fingerprint density at radius 1 is 0.913 bits per heavy atom. The molecule has 0 aromatic heterocycles. The van der Waals surface area contributed by atoms with Crippen LogP contribution in [0.5, 0.6) is 0 Å². The van der Waals surface area contributed by atoms with E-state index in [0.29, 0.717) is 18.4 Å². The maximum absolute atomic E-state index is 13.7. The van der Waals surface area contributed by atoms with Crippen LogP contribution in [0.2, 0.25) is 0 Å². The Labute approximate surface area is 273 Å². The third-order valence-corrected chi connectivity index (χ3v) is 8.80. The van der Waals surface area contributed by atoms with Gasteiger partial charge in [-0.15, -0.1) is 0 Å². The van der Waals surface area contributed by atoms with Gasteiger partial charge in [-0.25, -0.2) is 9.59 Å². The van der Waals surface area contributed by atoms with Gasteiger partial charge in [0.2, 0.25) is 0 Å². The lowest BCUT2D eigenvalue weighted by atomic mass is 9.87. The van der Waals surface area contributed by atoms with Crippen molar-refractivity contribution >= 4 is 18.0 Å². The van der Waals surface area contributed by atoms with Gasteiger partial charge in [0, 0.05) is 18.7 Å². The molecule has 3 aromatic rings. The second kappa shape index (κ2) is 18.1. The fourth-order valence-electron chi connectivity index (χ4n) is 6.15. The molecule has 2 N–H and O–H groups in total. The second-order valence-corrected chi connectivity index (χ2v) is 12.4. The van der Waals surface area contributed by atoms with E-state index >= 15 is 0 Å². The van der Waals surface area contributed by atoms with Crippen molar-refractivity contribution in [3.8, 4) is 11.1 Å². The number of alkyl carbamates (subject to hydrolysis) is 1. The molecule has 0 heterocycles. The van der Waals surface area contributed by atoms with E-state index in [-0.39, 0.29) is 19.1 Å². The SMILES string of the molecule is COC(=O)[C@@H](CCCNC(=O)OCc1ccccc1)NC(=O)c1ccc(CN(C)CCC2CCCCC2)cc1-c1ccccc1C. The van der Waals surface area contributed by atoms with Crippen LogP contribution in [0.15, 0.2) is 72.8 Å². The third-order valence-electron chi connectivity index (χ3n) is 8.80. The molecule has 0 aliphatic heterocycles. The zero-order valence-corrected chi connectivity index (χ0v) is 27.6. The molecule has 4 rings (SSSR count). The topological polar surface area (TPSA) is 97.0 Å². The van der Waals surface area contributed by atoms with Gasteiger partial charge in [0.1, 0.15) is 12.6 Å². The molecule has 0 saturated heterocycles. The van der Waals surface area contributed by atoms with Crippen LogP contribution < -0.4 is 10.6 Å². The summed E-state index contributed by atoms with van der Waals surface area (Å²) >= 11 is 0. The highest BCUT2D eigenvalue weighted by molar-refractivity contribution is 6.03. The lowest BCUT2D eigenvalue weighted by Crippen LogP contribution is -2.42. The molecule has 1 fully saturated rings. The van der Waals surface area contributed by atoms with E-state index < -0.39 is 18.1 Å². The highest BCUT2D eigenvalue weighted by atomic mass is 16.5. The lowest BCUT2D eigenvalue weighted by molar-refractivity contribution is -0.143. The number of ether oxygens (including phenoxy) is 2. The van der Waals surface area contributed by atoms with Crippen molar-refractivity contribution in [3.63, 3.8) is 0 Å². The maximum Gasteiger partial charge on any atom is 0.407 e. The van der Waals surface area contributed by atoms with Crippen LogP contribution >= 0.6 is 0 Å². The molecule has 46 heavy (non-hydrogen) atoms. The van der Waals surface area contributed by atoms with Crippen molar-refractivity contribution in [2.75, 3.05) is 27.2 Å². The fourth-order valence-corrected chi connectivity index (χ4v) is 6.15. The molecule has 1 aliphatic carbocycles. The number of aryl methyl sites for hydroxylation is 1. The minimum absolute atomic E-state index is 0.173. The van der Waals surface area contributed by atoms with Crippen LogP contribution in [0.1, 0.15) is 78.4 Å². The molecule has 0 radical (unpaired) electrons. The van der Waals surface area contributed by atoms with E-state index in [9.17, 15) is 14.4 Å². The number of nitrogens with one attached hydrogen (secondary N) is 2. The van der Waals surface area contributed by atoms with Gasteiger partial charge in [0.15, 0.2) is 0 Å². The first-order valence-electron chi connectivity index (χ1n) is 16.5. The quantitative estimate of drug-likeness (QED) is 0.139. The van der Waals surface area contributed by atoms with Crippen molar-refractivity contribution in [1.82, 2.24) is 15.5 Å². The number of rotatable bonds is 15. The van der Waals surface area contributed by atoms with Gasteiger partial charge in [-0.2, -0.15) is 0 Å². The van der Waals surface area contributed by atoms with Crippen LogP contribution in [-0.2, 0) is 27.4 Å². The van der Waals surface area contributed by atoms with Crippen LogP contribution in [-0.4, -0.2) is 56.2 Å². The minimum Gasteiger partial charge on any atom is -0.467 e. The first-order chi connectivity index (χ1) is 22.3. The molecule has 0 unspecified atom stereocenters. The molecule has 8 nitrogen and oxygen atoms in total. The van der Waals surface area contributed by atoms with E-state index in [1.807, 2.05) is 73.7 Å². The highest BCUT2D eigenvalue weighted by Crippen LogP contribution is 2.30. The Balaban J connectivity index is 1.38. The molecule has 2 amide bonds. The monoisotopic (exact) mass is 627 g/mol. The number of amides is 2. The van der Waals surface area contributed by atoms with Crippen molar-refractivity contribution < 1.29 is 23.9 Å². The van der Waals surface area contributed by atoms with Crippen molar-refractivity contribution in [1.29, 1.82) is 0 Å². The summed E-state index contributed by atoms with van der Waals surface area (Å²) in [5, 5.41) is 5.60. The van der Waals surface area contributed by atoms with Crippen molar-refractivity contribution in [2.24, 2.45) is 5.92 Å². The van der Waals surface area contributed by atoms with E-state index in [1.54, 1.807) is 0 Å². The number of benzene rings is 3. The van der Waals surface area contributed by atoms with Gasteiger partial charge in [0.25, 0.3) is 5.91 Å². The molecule has 3 aromatic carbocycles. The van der Waals surface area contributed by atoms with Crippen LogP contribution in [0.3, 0.4) is 0 Å². The van der Waals surface area contributed by atoms with Crippen LogP contribution in [0.4, 0.5) is 4.79 Å². The Morgan fingerprint density at radius 2 is 1.65 bits per heavy atom. The first-order valence-corrected chi connectivity index (χ1v) is 16.5. The predicted molar refractivity (Wildman–Crippen MR) is 181 cm³/mol. The molecular formula is C38H49N3O5. The van der Waals surface area contributed by atoms with Crippen LogP contribution in [0.25, 0.3) is 11.1 Å². The molecule has 0 bridgehead atoms. The first kappa shape index (κ1) is 34.7. The Morgan fingerprint density at radius 3 is 2.39 bits per heavy atom. The number of carbonyl (C=O) groups excluding carboxylic acids is 3. The Kier molecular flexibility index (Phi) is 13.6. The van der Waals surface area contributed by atoms with Gasteiger partial charge in [-0.1, -0.05) is 92.8 Å². The molecule has 1 aliphatic rings. The summed E-state index contributed by atoms with van der Waals surface area (Å²) in [5.41, 5.74) is 5.41. The number of esters is 1. The number of hydrogen-bond donors (Lipinski definition) is 2. The van der Waals surface area contributed by atoms with Crippen molar-refractivity contribution in [2.45, 2.75) is 77.5 Å². The molecule has 1 atom stereocenters. The average molecular weight is 628 g/mol. The Bertz CT molecular complexity index is 1420. The normalized spacial score (nSPS) is 14.0. The van der Waals surface area contributed by atoms with Crippen LogP contribution in [0, 0.1) is 12.8 Å². The number of hydrogen-bond acceptors (Lipinski definition) is 6. The Hall–Kier alpha value is -4.17. The summed E-state index contributed by atoms with van der Waals surface area (Å²) in [6.07, 6.45) is 8.20. The van der Waals surface area contributed by atoms with Gasteiger partial charge in [-0.3, -0.25) is 4.79 Å². The van der Waals surface area contributed by atoms with Gasteiger partial charge in [0.05, 0.1) is 7.11 Å². The second-order valence-electron chi connectivity index (χ2n) is 12.4. The minimum atomic E-state index is -0.866. The standard InChI is InChI=1S/C38H49N3O5/c1-28-13-10-11-18-32(28)34-25-31(26-41(2)24-22-29-14-6-4-7-15-29)20-21-33(34)36(42)40-35(37(43)45-3)19-12-23-39-38(44)46-27-30-16-8-5-9-17-30/h5,8-11,13,16-18,20-21,25,29,35H,4,6-7,12,14-15,19,22-24,26-27H2,1-3H3,(H,39,44)(H,40,42)/t35-/m1/s1. The van der Waals surface area contributed by atoms with Gasteiger partial charge < -0.3 is 25.0 Å². The predicted octanol–water partition coefficient (Wildman–Crippen LogP) is 7.04. The maximum atomic E-state index is 13.7. The largest absolute Gasteiger partial charge is 0.467 e. The summed E-state index contributed by atoms with van der Waals surface area (Å²) in [4.78, 5) is 40.9. The highest BCUT2D eigenvalue weighted by Gasteiger charge is 2.24. The lowest BCUT2D eigenvalue weighted by Gasteiger charge is -2.25. The molecule has 0 spiro atoms. The summed E-state index contributed by atoms with van der Waals surface area (Å²) in [5.74, 6) is -0.0495. The van der Waals surface area contributed by atoms with Gasteiger partial charge >= 0.3 is 12.1 Å². The van der Waals surface area contributed by atoms with E-state index in [2.05, 4.69) is 28.6 Å². The van der Waals surface area contributed by atoms with E-state index in [0.717, 1.165) is 46.8 Å². The fraction of sp³-hybridized carbons (Fsp3) is 0.447. The van der Waals surface area contributed by atoms with E-state index in [1.165, 1.54) is 45.6 Å². The summed E-state index contributed by atoms with van der Waals surface area (Å²) in [7, 11) is 3.47. The zero-order chi connectivity index (χ0) is 32.7. The number of carbonyl (C=O) groups is 3. The number of methoxy groups -OCH3 is 1. The summed E-state index contributed by atoms with van der Waals surface area (Å²) in [6.45, 7) is 4.34. The molecule has 246 valence electrons. The smallest absolute Gasteiger partial charge is 0.407 e. The molecule has 1 saturated carbocycles. The van der Waals surface area contributed by atoms with Crippen molar-refractivity contribution in [3.05, 3.63) is 95.1 Å². The third kappa shape index (κ3) is 10.7.